The van der Waals surface area contributed by atoms with Crippen molar-refractivity contribution in [2.45, 2.75) is 31.2 Å². The molecule has 0 spiro atoms. The number of hydrogen-bond acceptors (Lipinski definition) is 5. The summed E-state index contributed by atoms with van der Waals surface area (Å²) in [4.78, 5) is 31.3. The zero-order valence-corrected chi connectivity index (χ0v) is 21.2. The molecule has 35 heavy (non-hydrogen) atoms. The average Bonchev–Trinajstić information content (AvgIpc) is 3.73. The molecule has 0 bridgehead atoms. The molecule has 4 aromatic rings. The SMILES string of the molecule is O=C(NC1(C2CC2)CC1)c1c(NC(=O)c2cc(Br)nn2-c2ncccc2Cl)c(Cl)cc2cn[nH]c12. The van der Waals surface area contributed by atoms with Gasteiger partial charge in [0.05, 0.1) is 33.0 Å². The molecule has 2 saturated carbocycles. The number of nitrogens with zero attached hydrogens (tertiary/aromatic N) is 4. The second-order valence-corrected chi connectivity index (χ2v) is 10.5. The van der Waals surface area contributed by atoms with Gasteiger partial charge in [0.2, 0.25) is 0 Å². The fourth-order valence-electron chi connectivity index (χ4n) is 4.49. The van der Waals surface area contributed by atoms with Crippen LogP contribution in [0.3, 0.4) is 0 Å². The van der Waals surface area contributed by atoms with E-state index in [-0.39, 0.29) is 33.4 Å². The summed E-state index contributed by atoms with van der Waals surface area (Å²) in [5.74, 6) is -0.0408. The molecule has 3 aromatic heterocycles. The van der Waals surface area contributed by atoms with Crippen LogP contribution in [-0.4, -0.2) is 42.3 Å². The standard InChI is InChI=1S/C23H18BrCl2N7O2/c24-16-9-15(33(32-16)20-13(25)2-1-7-27-20)21(34)29-19-14(26)8-11-10-28-31-18(11)17(19)22(35)30-23(5-6-23)12-3-4-12/h1-2,7-10,12H,3-6H2,(H,28,31)(H,29,34)(H,30,35). The number of nitrogens with one attached hydrogen (secondary N) is 3. The summed E-state index contributed by atoms with van der Waals surface area (Å²) < 4.78 is 1.74. The van der Waals surface area contributed by atoms with Crippen molar-refractivity contribution in [3.8, 4) is 5.82 Å². The van der Waals surface area contributed by atoms with Gasteiger partial charge in [-0.1, -0.05) is 23.2 Å². The molecule has 0 saturated heterocycles. The van der Waals surface area contributed by atoms with Crippen LogP contribution < -0.4 is 10.6 Å². The number of aromatic amines is 1. The summed E-state index contributed by atoms with van der Waals surface area (Å²) >= 11 is 16.2. The largest absolute Gasteiger partial charge is 0.346 e. The van der Waals surface area contributed by atoms with Crippen LogP contribution in [0.1, 0.15) is 46.5 Å². The number of hydrogen-bond donors (Lipinski definition) is 3. The lowest BCUT2D eigenvalue weighted by Crippen LogP contribution is -2.39. The van der Waals surface area contributed by atoms with Crippen molar-refractivity contribution in [1.82, 2.24) is 30.3 Å². The van der Waals surface area contributed by atoms with E-state index in [0.29, 0.717) is 32.3 Å². The molecule has 0 atom stereocenters. The van der Waals surface area contributed by atoms with Crippen molar-refractivity contribution in [3.63, 3.8) is 0 Å². The maximum atomic E-state index is 13.6. The second-order valence-electron chi connectivity index (χ2n) is 8.85. The molecule has 3 N–H and O–H groups in total. The Labute approximate surface area is 217 Å². The number of aromatic nitrogens is 5. The average molecular weight is 575 g/mol. The zero-order chi connectivity index (χ0) is 24.3. The highest BCUT2D eigenvalue weighted by Crippen LogP contribution is 2.54. The fourth-order valence-corrected chi connectivity index (χ4v) is 5.32. The fraction of sp³-hybridized carbons (Fsp3) is 0.261. The summed E-state index contributed by atoms with van der Waals surface area (Å²) in [7, 11) is 0. The third kappa shape index (κ3) is 3.99. The highest BCUT2D eigenvalue weighted by Gasteiger charge is 2.55. The Balaban J connectivity index is 1.40. The van der Waals surface area contributed by atoms with E-state index >= 15 is 0 Å². The minimum atomic E-state index is -0.539. The van der Waals surface area contributed by atoms with E-state index in [0.717, 1.165) is 25.7 Å². The molecule has 2 fully saturated rings. The molecular weight excluding hydrogens is 557 g/mol. The number of halogens is 3. The Morgan fingerprint density at radius 1 is 1.17 bits per heavy atom. The molecule has 0 unspecified atom stereocenters. The number of carbonyl (C=O) groups excluding carboxylic acids is 2. The normalized spacial score (nSPS) is 16.3. The molecule has 2 aliphatic carbocycles. The van der Waals surface area contributed by atoms with Gasteiger partial charge in [-0.15, -0.1) is 0 Å². The number of carbonyl (C=O) groups is 2. The molecule has 9 nitrogen and oxygen atoms in total. The smallest absolute Gasteiger partial charge is 0.274 e. The maximum Gasteiger partial charge on any atom is 0.274 e. The van der Waals surface area contributed by atoms with Crippen LogP contribution in [0.25, 0.3) is 16.7 Å². The molecule has 12 heteroatoms. The first kappa shape index (κ1) is 22.5. The van der Waals surface area contributed by atoms with Gasteiger partial charge in [0.15, 0.2) is 5.82 Å². The lowest BCUT2D eigenvalue weighted by atomic mass is 10.1. The highest BCUT2D eigenvalue weighted by molar-refractivity contribution is 9.10. The maximum absolute atomic E-state index is 13.6. The Bertz CT molecular complexity index is 1510. The lowest BCUT2D eigenvalue weighted by Gasteiger charge is -2.19. The van der Waals surface area contributed by atoms with E-state index in [9.17, 15) is 9.59 Å². The number of rotatable bonds is 6. The minimum Gasteiger partial charge on any atom is -0.346 e. The molecular formula is C23H18BrCl2N7O2. The van der Waals surface area contributed by atoms with E-state index in [1.807, 2.05) is 0 Å². The van der Waals surface area contributed by atoms with Crippen molar-refractivity contribution in [3.05, 3.63) is 62.6 Å². The topological polar surface area (TPSA) is 118 Å². The molecule has 2 amide bonds. The van der Waals surface area contributed by atoms with Crippen molar-refractivity contribution in [2.24, 2.45) is 5.92 Å². The molecule has 0 aliphatic heterocycles. The van der Waals surface area contributed by atoms with E-state index in [1.165, 1.54) is 10.7 Å². The van der Waals surface area contributed by atoms with E-state index in [2.05, 4.69) is 46.8 Å². The van der Waals surface area contributed by atoms with Crippen molar-refractivity contribution in [1.29, 1.82) is 0 Å². The number of benzene rings is 1. The lowest BCUT2D eigenvalue weighted by molar-refractivity contribution is 0.0928. The summed E-state index contributed by atoms with van der Waals surface area (Å²) in [6, 6.07) is 6.53. The summed E-state index contributed by atoms with van der Waals surface area (Å²) in [6.07, 6.45) is 7.29. The van der Waals surface area contributed by atoms with Crippen LogP contribution >= 0.6 is 39.1 Å². The van der Waals surface area contributed by atoms with Crippen molar-refractivity contribution in [2.75, 3.05) is 5.32 Å². The molecule has 1 aromatic carbocycles. The van der Waals surface area contributed by atoms with Gasteiger partial charge in [-0.2, -0.15) is 10.2 Å². The number of amides is 2. The van der Waals surface area contributed by atoms with Crippen LogP contribution in [0.4, 0.5) is 5.69 Å². The Morgan fingerprint density at radius 2 is 1.97 bits per heavy atom. The van der Waals surface area contributed by atoms with Crippen molar-refractivity contribution < 1.29 is 9.59 Å². The number of H-pyrrole nitrogens is 1. The van der Waals surface area contributed by atoms with E-state index < -0.39 is 5.91 Å². The van der Waals surface area contributed by atoms with Crippen molar-refractivity contribution >= 4 is 67.5 Å². The molecule has 0 radical (unpaired) electrons. The van der Waals surface area contributed by atoms with Crippen LogP contribution in [0.15, 0.2) is 41.3 Å². The first-order chi connectivity index (χ1) is 16.9. The Kier molecular flexibility index (Phi) is 5.35. The summed E-state index contributed by atoms with van der Waals surface area (Å²) in [5, 5.41) is 18.5. The Morgan fingerprint density at radius 3 is 2.69 bits per heavy atom. The quantitative estimate of drug-likeness (QED) is 0.295. The first-order valence-corrected chi connectivity index (χ1v) is 12.6. The molecule has 2 aliphatic rings. The molecule has 178 valence electrons. The van der Waals surface area contributed by atoms with Gasteiger partial charge in [-0.25, -0.2) is 9.67 Å². The Hall–Kier alpha value is -2.95. The zero-order valence-electron chi connectivity index (χ0n) is 18.1. The van der Waals surface area contributed by atoms with Gasteiger partial charge in [-0.3, -0.25) is 14.7 Å². The minimum absolute atomic E-state index is 0.154. The van der Waals surface area contributed by atoms with Gasteiger partial charge >= 0.3 is 0 Å². The highest BCUT2D eigenvalue weighted by atomic mass is 79.9. The predicted molar refractivity (Wildman–Crippen MR) is 135 cm³/mol. The number of fused-ring (bicyclic) bond motifs is 1. The van der Waals surface area contributed by atoms with E-state index in [4.69, 9.17) is 23.2 Å². The summed E-state index contributed by atoms with van der Waals surface area (Å²) in [6.45, 7) is 0. The van der Waals surface area contributed by atoms with Gasteiger partial charge < -0.3 is 10.6 Å². The molecule has 6 rings (SSSR count). The third-order valence-corrected chi connectivity index (χ3v) is 7.50. The number of anilines is 1. The van der Waals surface area contributed by atoms with Gasteiger partial charge in [0.1, 0.15) is 10.3 Å². The second kappa shape index (κ2) is 8.32. The van der Waals surface area contributed by atoms with Gasteiger partial charge in [-0.05, 0) is 65.7 Å². The van der Waals surface area contributed by atoms with Crippen LogP contribution in [0, 0.1) is 5.92 Å². The van der Waals surface area contributed by atoms with Gasteiger partial charge in [0.25, 0.3) is 11.8 Å². The van der Waals surface area contributed by atoms with Crippen LogP contribution in [0.2, 0.25) is 10.0 Å². The van der Waals surface area contributed by atoms with E-state index in [1.54, 1.807) is 30.6 Å². The predicted octanol–water partition coefficient (Wildman–Crippen LogP) is 5.14. The first-order valence-electron chi connectivity index (χ1n) is 11.0. The third-order valence-electron chi connectivity index (χ3n) is 6.52. The van der Waals surface area contributed by atoms with Crippen LogP contribution in [0.5, 0.6) is 0 Å². The van der Waals surface area contributed by atoms with Gasteiger partial charge in [0, 0.05) is 23.2 Å². The molecule has 3 heterocycles. The summed E-state index contributed by atoms with van der Waals surface area (Å²) in [5.41, 5.74) is 0.920. The monoisotopic (exact) mass is 573 g/mol. The van der Waals surface area contributed by atoms with Crippen LogP contribution in [-0.2, 0) is 0 Å². The number of pyridine rings is 1.